The molecule has 3 aliphatic heterocycles. The summed E-state index contributed by atoms with van der Waals surface area (Å²) in [7, 11) is -3.73. The molecule has 0 bridgehead atoms. The molecule has 0 aliphatic carbocycles. The number of aromatic nitrogens is 2. The second-order valence-corrected chi connectivity index (χ2v) is 11.2. The van der Waals surface area contributed by atoms with E-state index in [-0.39, 0.29) is 30.4 Å². The highest BCUT2D eigenvalue weighted by molar-refractivity contribution is 7.54. The molecule has 180 valence electrons. The van der Waals surface area contributed by atoms with Crippen molar-refractivity contribution in [2.24, 2.45) is 5.73 Å². The second kappa shape index (κ2) is 8.35. The second-order valence-electron chi connectivity index (χ2n) is 9.17. The Labute approximate surface area is 187 Å². The Morgan fingerprint density at radius 2 is 1.81 bits per heavy atom. The lowest BCUT2D eigenvalue weighted by Crippen LogP contribution is -2.51. The van der Waals surface area contributed by atoms with Gasteiger partial charge in [0.1, 0.15) is 24.1 Å². The molecule has 3 aliphatic rings. The van der Waals surface area contributed by atoms with Gasteiger partial charge in [-0.2, -0.15) is 0 Å². The topological polar surface area (TPSA) is 148 Å². The van der Waals surface area contributed by atoms with Crippen LogP contribution in [0.15, 0.2) is 6.33 Å². The van der Waals surface area contributed by atoms with E-state index in [2.05, 4.69) is 15.6 Å². The third-order valence-corrected chi connectivity index (χ3v) is 7.63. The summed E-state index contributed by atoms with van der Waals surface area (Å²) >= 11 is 0. The number of fused-ring (bicyclic) bond motifs is 2. The zero-order valence-electron chi connectivity index (χ0n) is 19.1. The van der Waals surface area contributed by atoms with E-state index in [1.165, 1.54) is 6.33 Å². The van der Waals surface area contributed by atoms with Gasteiger partial charge < -0.3 is 38.5 Å². The maximum atomic E-state index is 13.9. The van der Waals surface area contributed by atoms with E-state index >= 15 is 0 Å². The summed E-state index contributed by atoms with van der Waals surface area (Å²) in [6.07, 6.45) is -1.65. The van der Waals surface area contributed by atoms with Crippen molar-refractivity contribution < 1.29 is 32.6 Å². The van der Waals surface area contributed by atoms with Crippen molar-refractivity contribution in [1.29, 1.82) is 0 Å². The van der Waals surface area contributed by atoms with Crippen LogP contribution in [0.2, 0.25) is 0 Å². The highest BCUT2D eigenvalue weighted by Gasteiger charge is 2.62. The molecule has 4 heterocycles. The van der Waals surface area contributed by atoms with Crippen LogP contribution < -0.4 is 16.4 Å². The largest absolute Gasteiger partial charge is 0.362 e. The van der Waals surface area contributed by atoms with Crippen molar-refractivity contribution in [2.45, 2.75) is 96.5 Å². The van der Waals surface area contributed by atoms with E-state index in [1.54, 1.807) is 46.1 Å². The SMILES string of the molecule is CC(C)OP(=O)(OC(C)C)[C@@H]1O[C@H](Cn2cnc3c2NC(N)NC3=O)[C@H]2OC(C)(C)O[C@H]21. The molecule has 1 unspecified atom stereocenters. The molecule has 2 fully saturated rings. The van der Waals surface area contributed by atoms with Gasteiger partial charge in [0.25, 0.3) is 5.91 Å². The van der Waals surface area contributed by atoms with E-state index in [1.807, 2.05) is 0 Å². The average molecular weight is 473 g/mol. The van der Waals surface area contributed by atoms with Crippen molar-refractivity contribution in [3.8, 4) is 0 Å². The van der Waals surface area contributed by atoms with Crippen molar-refractivity contribution in [2.75, 3.05) is 5.32 Å². The minimum atomic E-state index is -3.73. The van der Waals surface area contributed by atoms with Gasteiger partial charge in [0.05, 0.1) is 25.1 Å². The van der Waals surface area contributed by atoms with Gasteiger partial charge in [-0.3, -0.25) is 15.1 Å². The van der Waals surface area contributed by atoms with E-state index in [9.17, 15) is 9.36 Å². The Hall–Kier alpha value is -1.53. The normalized spacial score (nSPS) is 31.5. The Kier molecular flexibility index (Phi) is 6.17. The number of hydrogen-bond acceptors (Lipinski definition) is 10. The predicted octanol–water partition coefficient (Wildman–Crippen LogP) is 1.57. The number of amides is 1. The van der Waals surface area contributed by atoms with Gasteiger partial charge in [-0.1, -0.05) is 0 Å². The monoisotopic (exact) mass is 473 g/mol. The molecule has 0 saturated carbocycles. The molecule has 2 saturated heterocycles. The molecule has 0 spiro atoms. The fourth-order valence-corrected chi connectivity index (χ4v) is 6.58. The first-order valence-corrected chi connectivity index (χ1v) is 12.4. The Morgan fingerprint density at radius 3 is 2.44 bits per heavy atom. The molecule has 1 aromatic heterocycles. The molecule has 32 heavy (non-hydrogen) atoms. The van der Waals surface area contributed by atoms with Gasteiger partial charge in [-0.15, -0.1) is 0 Å². The summed E-state index contributed by atoms with van der Waals surface area (Å²) in [4.78, 5) is 16.3. The van der Waals surface area contributed by atoms with Crippen LogP contribution in [-0.4, -0.2) is 63.9 Å². The highest BCUT2D eigenvalue weighted by atomic mass is 31.2. The summed E-state index contributed by atoms with van der Waals surface area (Å²) in [6, 6.07) is 0. The zero-order chi connectivity index (χ0) is 23.4. The average Bonchev–Trinajstić information content (AvgIpc) is 3.26. The van der Waals surface area contributed by atoms with Crippen LogP contribution in [0.25, 0.3) is 0 Å². The third-order valence-electron chi connectivity index (χ3n) is 5.16. The molecule has 4 N–H and O–H groups in total. The Bertz CT molecular complexity index is 906. The van der Waals surface area contributed by atoms with Crippen molar-refractivity contribution in [1.82, 2.24) is 14.9 Å². The fraction of sp³-hybridized carbons (Fsp3) is 0.789. The number of carbonyl (C=O) groups excluding carboxylic acids is 1. The van der Waals surface area contributed by atoms with Gasteiger partial charge in [-0.05, 0) is 41.5 Å². The van der Waals surface area contributed by atoms with Crippen LogP contribution in [0.4, 0.5) is 5.82 Å². The highest BCUT2D eigenvalue weighted by Crippen LogP contribution is 2.61. The van der Waals surface area contributed by atoms with Gasteiger partial charge in [0, 0.05) is 0 Å². The zero-order valence-corrected chi connectivity index (χ0v) is 20.0. The van der Waals surface area contributed by atoms with Crippen molar-refractivity contribution in [3.63, 3.8) is 0 Å². The molecule has 1 aromatic rings. The first kappa shape index (κ1) is 23.6. The molecular formula is C19H32N5O7P. The van der Waals surface area contributed by atoms with E-state index < -0.39 is 43.8 Å². The number of nitrogens with zero attached hydrogens (tertiary/aromatic N) is 2. The van der Waals surface area contributed by atoms with Crippen LogP contribution in [0, 0.1) is 0 Å². The number of nitrogens with two attached hydrogens (primary N) is 1. The molecule has 5 atom stereocenters. The summed E-state index contributed by atoms with van der Waals surface area (Å²) in [6.45, 7) is 11.0. The van der Waals surface area contributed by atoms with Crippen LogP contribution in [0.5, 0.6) is 0 Å². The molecule has 4 rings (SSSR count). The van der Waals surface area contributed by atoms with Gasteiger partial charge >= 0.3 is 7.60 Å². The summed E-state index contributed by atoms with van der Waals surface area (Å²) < 4.78 is 45.6. The van der Waals surface area contributed by atoms with E-state index in [0.717, 1.165) is 0 Å². The lowest BCUT2D eigenvalue weighted by Gasteiger charge is -2.31. The van der Waals surface area contributed by atoms with E-state index in [0.29, 0.717) is 5.82 Å². The Morgan fingerprint density at radius 1 is 1.19 bits per heavy atom. The van der Waals surface area contributed by atoms with Crippen molar-refractivity contribution in [3.05, 3.63) is 12.0 Å². The number of imidazole rings is 1. The van der Waals surface area contributed by atoms with Crippen LogP contribution in [-0.2, 0) is 34.4 Å². The maximum absolute atomic E-state index is 13.9. The molecular weight excluding hydrogens is 441 g/mol. The molecule has 0 radical (unpaired) electrons. The minimum absolute atomic E-state index is 0.235. The van der Waals surface area contributed by atoms with Gasteiger partial charge in [0.15, 0.2) is 23.6 Å². The standard InChI is InChI=1S/C19H32N5O7P/c1-9(2)30-32(26,31-10(3)4)17-14-13(28-19(5,6)29-14)11(27-17)7-24-8-21-12-15(24)22-18(20)23-16(12)25/h8-11,13-14,17-18,22H,7,20H2,1-6H3,(H,23,25)/t11-,13-,14-,17+,18?/m1/s1. The number of rotatable bonds is 7. The van der Waals surface area contributed by atoms with Gasteiger partial charge in [0.2, 0.25) is 0 Å². The molecule has 0 aromatic carbocycles. The number of ether oxygens (including phenoxy) is 3. The minimum Gasteiger partial charge on any atom is -0.355 e. The predicted molar refractivity (Wildman–Crippen MR) is 114 cm³/mol. The lowest BCUT2D eigenvalue weighted by atomic mass is 10.1. The maximum Gasteiger partial charge on any atom is 0.362 e. The number of carbonyl (C=O) groups is 1. The molecule has 1 amide bonds. The molecule has 12 nitrogen and oxygen atoms in total. The first-order chi connectivity index (χ1) is 14.9. The fourth-order valence-electron chi connectivity index (χ4n) is 4.22. The summed E-state index contributed by atoms with van der Waals surface area (Å²) in [5.74, 6) is -1.76. The van der Waals surface area contributed by atoms with Crippen molar-refractivity contribution >= 4 is 19.3 Å². The first-order valence-electron chi connectivity index (χ1n) is 10.7. The lowest BCUT2D eigenvalue weighted by molar-refractivity contribution is -0.182. The number of nitrogens with one attached hydrogen (secondary N) is 2. The smallest absolute Gasteiger partial charge is 0.355 e. The Balaban J connectivity index is 1.63. The third kappa shape index (κ3) is 4.45. The summed E-state index contributed by atoms with van der Waals surface area (Å²) in [5.41, 5.74) is 6.07. The quantitative estimate of drug-likeness (QED) is 0.498. The number of hydrogen-bond donors (Lipinski definition) is 3. The van der Waals surface area contributed by atoms with Crippen LogP contribution in [0.1, 0.15) is 52.0 Å². The number of anilines is 1. The van der Waals surface area contributed by atoms with Crippen LogP contribution >= 0.6 is 7.60 Å². The summed E-state index contributed by atoms with van der Waals surface area (Å²) in [5, 5.41) is 5.56. The van der Waals surface area contributed by atoms with E-state index in [4.69, 9.17) is 29.0 Å². The molecule has 13 heteroatoms. The van der Waals surface area contributed by atoms with Crippen LogP contribution in [0.3, 0.4) is 0 Å². The van der Waals surface area contributed by atoms with Gasteiger partial charge in [-0.25, -0.2) is 4.98 Å².